The van der Waals surface area contributed by atoms with E-state index in [-0.39, 0.29) is 18.5 Å². The van der Waals surface area contributed by atoms with Gasteiger partial charge in [0.15, 0.2) is 0 Å². The molecule has 0 aromatic carbocycles. The van der Waals surface area contributed by atoms with Gasteiger partial charge in [-0.3, -0.25) is 4.57 Å². The highest BCUT2D eigenvalue weighted by Gasteiger charge is 2.10. The third-order valence-electron chi connectivity index (χ3n) is 2.80. The number of rotatable bonds is 11. The Bertz CT molecular complexity index is 198. The van der Waals surface area contributed by atoms with Crippen LogP contribution in [0.1, 0.15) is 71.1 Å². The summed E-state index contributed by atoms with van der Waals surface area (Å²) in [7, 11) is -3.74. The Morgan fingerprint density at radius 2 is 1.06 bits per heavy atom. The normalized spacial score (nSPS) is 10.6. The van der Waals surface area contributed by atoms with Gasteiger partial charge in [0.1, 0.15) is 0 Å². The molecule has 0 unspecified atom stereocenters. The Balaban J connectivity index is -0.00000112. The Kier molecular flexibility index (Phi) is 19.5. The summed E-state index contributed by atoms with van der Waals surface area (Å²) in [5, 5.41) is 0. The molecule has 0 heterocycles. The van der Waals surface area contributed by atoms with Gasteiger partial charge >= 0.3 is 7.60 Å². The molecular weight excluding hydrogens is 251 g/mol. The van der Waals surface area contributed by atoms with Crippen LogP contribution >= 0.6 is 7.60 Å². The zero-order valence-electron chi connectivity index (χ0n) is 11.9. The van der Waals surface area contributed by atoms with E-state index in [0.29, 0.717) is 6.42 Å². The standard InChI is InChI=1S/C12H27O3P.2H3N/c1-2-3-4-5-6-7-8-9-10-11-12-16(13,14)15;;/h2-12H2,1H3,(H2,13,14,15);2*1H3. The lowest BCUT2D eigenvalue weighted by molar-refractivity contribution is 0.370. The molecule has 0 bridgehead atoms. The SMILES string of the molecule is CCCCCCCCCCCCP(=O)(O)O.N.N. The molecule has 0 aromatic heterocycles. The van der Waals surface area contributed by atoms with E-state index in [4.69, 9.17) is 9.79 Å². The van der Waals surface area contributed by atoms with Crippen LogP contribution in [0, 0.1) is 0 Å². The number of hydrogen-bond donors (Lipinski definition) is 4. The van der Waals surface area contributed by atoms with Crippen LogP contribution in [0.5, 0.6) is 0 Å². The highest BCUT2D eigenvalue weighted by atomic mass is 31.2. The van der Waals surface area contributed by atoms with Crippen molar-refractivity contribution in [2.24, 2.45) is 0 Å². The molecule has 0 spiro atoms. The summed E-state index contributed by atoms with van der Waals surface area (Å²) in [6.07, 6.45) is 12.0. The van der Waals surface area contributed by atoms with Gasteiger partial charge in [0.2, 0.25) is 0 Å². The van der Waals surface area contributed by atoms with E-state index in [1.807, 2.05) is 0 Å². The molecule has 5 nitrogen and oxygen atoms in total. The molecule has 0 aliphatic rings. The summed E-state index contributed by atoms with van der Waals surface area (Å²) in [6, 6.07) is 0. The van der Waals surface area contributed by atoms with E-state index < -0.39 is 7.60 Å². The average Bonchev–Trinajstić information content (AvgIpc) is 2.19. The van der Waals surface area contributed by atoms with Crippen LogP contribution in [-0.4, -0.2) is 15.9 Å². The molecule has 18 heavy (non-hydrogen) atoms. The van der Waals surface area contributed by atoms with Crippen molar-refractivity contribution in [1.82, 2.24) is 12.3 Å². The van der Waals surface area contributed by atoms with E-state index in [1.165, 1.54) is 44.9 Å². The Morgan fingerprint density at radius 1 is 0.722 bits per heavy atom. The van der Waals surface area contributed by atoms with Gasteiger partial charge in [0.05, 0.1) is 0 Å². The van der Waals surface area contributed by atoms with Crippen molar-refractivity contribution < 1.29 is 14.4 Å². The fourth-order valence-corrected chi connectivity index (χ4v) is 2.44. The summed E-state index contributed by atoms with van der Waals surface area (Å²) in [6.45, 7) is 2.22. The first-order valence-electron chi connectivity index (χ1n) is 6.61. The van der Waals surface area contributed by atoms with E-state index >= 15 is 0 Å². The van der Waals surface area contributed by atoms with E-state index in [9.17, 15) is 4.57 Å². The Hall–Kier alpha value is 0.0700. The van der Waals surface area contributed by atoms with Crippen LogP contribution in [0.25, 0.3) is 0 Å². The molecule has 0 amide bonds. The molecule has 8 N–H and O–H groups in total. The summed E-state index contributed by atoms with van der Waals surface area (Å²) < 4.78 is 10.6. The largest absolute Gasteiger partial charge is 0.344 e. The van der Waals surface area contributed by atoms with Crippen molar-refractivity contribution in [2.45, 2.75) is 71.1 Å². The van der Waals surface area contributed by atoms with Crippen LogP contribution < -0.4 is 12.3 Å². The van der Waals surface area contributed by atoms with Crippen molar-refractivity contribution in [1.29, 1.82) is 0 Å². The topological polar surface area (TPSA) is 128 Å². The van der Waals surface area contributed by atoms with Gasteiger partial charge in [-0.25, -0.2) is 0 Å². The number of unbranched alkanes of at least 4 members (excludes halogenated alkanes) is 9. The lowest BCUT2D eigenvalue weighted by Gasteiger charge is -2.03. The molecule has 0 aliphatic heterocycles. The van der Waals surface area contributed by atoms with E-state index in [1.54, 1.807) is 0 Å². The molecule has 0 aromatic rings. The van der Waals surface area contributed by atoms with Crippen molar-refractivity contribution >= 4 is 7.60 Å². The van der Waals surface area contributed by atoms with Crippen molar-refractivity contribution in [3.63, 3.8) is 0 Å². The Labute approximate surface area is 112 Å². The maximum Gasteiger partial charge on any atom is 0.325 e. The summed E-state index contributed by atoms with van der Waals surface area (Å²) in [5.41, 5.74) is 0. The molecule has 6 heteroatoms. The summed E-state index contributed by atoms with van der Waals surface area (Å²) >= 11 is 0. The summed E-state index contributed by atoms with van der Waals surface area (Å²) in [4.78, 5) is 17.3. The van der Waals surface area contributed by atoms with E-state index in [2.05, 4.69) is 6.92 Å². The second kappa shape index (κ2) is 15.1. The molecule has 0 radical (unpaired) electrons. The zero-order valence-corrected chi connectivity index (χ0v) is 12.8. The lowest BCUT2D eigenvalue weighted by atomic mass is 10.1. The van der Waals surface area contributed by atoms with Gasteiger partial charge in [0.25, 0.3) is 0 Å². The first-order chi connectivity index (χ1) is 7.56. The third kappa shape index (κ3) is 21.4. The molecule has 0 saturated carbocycles. The van der Waals surface area contributed by atoms with E-state index in [0.717, 1.165) is 12.8 Å². The van der Waals surface area contributed by atoms with Gasteiger partial charge in [-0.2, -0.15) is 0 Å². The highest BCUT2D eigenvalue weighted by Crippen LogP contribution is 2.35. The minimum absolute atomic E-state index is 0. The van der Waals surface area contributed by atoms with Crippen LogP contribution in [0.15, 0.2) is 0 Å². The molecular formula is C12H33N2O3P. The highest BCUT2D eigenvalue weighted by molar-refractivity contribution is 7.51. The maximum absolute atomic E-state index is 10.6. The molecule has 0 atom stereocenters. The average molecular weight is 284 g/mol. The second-order valence-corrected chi connectivity index (χ2v) is 6.35. The van der Waals surface area contributed by atoms with Crippen LogP contribution in [0.2, 0.25) is 0 Å². The van der Waals surface area contributed by atoms with Gasteiger partial charge in [-0.15, -0.1) is 0 Å². The minimum atomic E-state index is -3.74. The lowest BCUT2D eigenvalue weighted by Crippen LogP contribution is -1.88. The van der Waals surface area contributed by atoms with Crippen LogP contribution in [0.4, 0.5) is 0 Å². The van der Waals surface area contributed by atoms with Crippen molar-refractivity contribution in [3.8, 4) is 0 Å². The van der Waals surface area contributed by atoms with Crippen molar-refractivity contribution in [3.05, 3.63) is 0 Å². The van der Waals surface area contributed by atoms with Gasteiger partial charge in [-0.05, 0) is 6.42 Å². The first-order valence-corrected chi connectivity index (χ1v) is 8.40. The first kappa shape index (κ1) is 23.2. The maximum atomic E-state index is 10.6. The molecule has 114 valence electrons. The number of hydrogen-bond acceptors (Lipinski definition) is 3. The predicted octanol–water partition coefficient (Wildman–Crippen LogP) is 4.41. The van der Waals surface area contributed by atoms with Gasteiger partial charge in [-0.1, -0.05) is 64.7 Å². The van der Waals surface area contributed by atoms with Crippen LogP contribution in [0.3, 0.4) is 0 Å². The molecule has 0 saturated heterocycles. The monoisotopic (exact) mass is 284 g/mol. The quantitative estimate of drug-likeness (QED) is 0.330. The van der Waals surface area contributed by atoms with Gasteiger partial charge < -0.3 is 22.1 Å². The summed E-state index contributed by atoms with van der Waals surface area (Å²) in [5.74, 6) is 0. The Morgan fingerprint density at radius 3 is 1.39 bits per heavy atom. The van der Waals surface area contributed by atoms with Gasteiger partial charge in [0, 0.05) is 6.16 Å². The predicted molar refractivity (Wildman–Crippen MR) is 78.8 cm³/mol. The van der Waals surface area contributed by atoms with Crippen molar-refractivity contribution in [2.75, 3.05) is 6.16 Å². The smallest absolute Gasteiger partial charge is 0.325 e. The fraction of sp³-hybridized carbons (Fsp3) is 1.00. The third-order valence-corrected chi connectivity index (χ3v) is 3.70. The fourth-order valence-electron chi connectivity index (χ4n) is 1.81. The van der Waals surface area contributed by atoms with Crippen LogP contribution in [-0.2, 0) is 4.57 Å². The molecule has 0 aliphatic carbocycles. The molecule has 0 rings (SSSR count). The zero-order chi connectivity index (χ0) is 12.3. The second-order valence-electron chi connectivity index (χ2n) is 4.57. The minimum Gasteiger partial charge on any atom is -0.344 e. The molecule has 0 fully saturated rings.